The number of carbonyl (C=O) groups excluding carboxylic acids is 1. The number of rotatable bonds is 6. The fourth-order valence-electron chi connectivity index (χ4n) is 3.44. The maximum absolute atomic E-state index is 12.3. The first kappa shape index (κ1) is 20.1. The van der Waals surface area contributed by atoms with E-state index in [0.717, 1.165) is 63.8 Å². The second kappa shape index (κ2) is 9.50. The van der Waals surface area contributed by atoms with Crippen molar-refractivity contribution in [2.45, 2.75) is 52.1 Å². The number of fused-ring (bicyclic) bond motifs is 1. The van der Waals surface area contributed by atoms with Gasteiger partial charge in [0.1, 0.15) is 11.6 Å². The summed E-state index contributed by atoms with van der Waals surface area (Å²) < 4.78 is 7.79. The number of hydrogen-bond donors (Lipinski definition) is 1. The van der Waals surface area contributed by atoms with Gasteiger partial charge in [-0.25, -0.2) is 0 Å². The summed E-state index contributed by atoms with van der Waals surface area (Å²) in [5.41, 5.74) is 0. The van der Waals surface area contributed by atoms with Crippen LogP contribution in [0.5, 0.6) is 0 Å². The molecule has 3 heterocycles. The molecule has 1 fully saturated rings. The van der Waals surface area contributed by atoms with E-state index in [4.69, 9.17) is 4.74 Å². The Labute approximate surface area is 155 Å². The summed E-state index contributed by atoms with van der Waals surface area (Å²) in [6, 6.07) is 0. The number of aromatic nitrogens is 3. The number of carbonyl (C=O) groups is 1. The lowest BCUT2D eigenvalue weighted by Gasteiger charge is -2.32. The molecule has 0 spiro atoms. The molecule has 0 bridgehead atoms. The van der Waals surface area contributed by atoms with Gasteiger partial charge in [-0.15, -0.1) is 22.6 Å². The Balaban J connectivity index is 0.00000225. The SMILES string of the molecule is CC(C)COCCC(=O)N1CCC(c2nnc3n2CCNC3)CC1.Cl. The lowest BCUT2D eigenvalue weighted by atomic mass is 9.95. The quantitative estimate of drug-likeness (QED) is 0.768. The van der Waals surface area contributed by atoms with Crippen molar-refractivity contribution in [3.63, 3.8) is 0 Å². The second-order valence-electron chi connectivity index (χ2n) is 7.18. The van der Waals surface area contributed by atoms with E-state index in [1.165, 1.54) is 0 Å². The average molecular weight is 372 g/mol. The highest BCUT2D eigenvalue weighted by atomic mass is 35.5. The first-order chi connectivity index (χ1) is 11.6. The smallest absolute Gasteiger partial charge is 0.224 e. The van der Waals surface area contributed by atoms with Gasteiger partial charge in [0, 0.05) is 38.7 Å². The molecule has 0 atom stereocenters. The van der Waals surface area contributed by atoms with Gasteiger partial charge in [0.2, 0.25) is 5.91 Å². The molecule has 8 heteroatoms. The van der Waals surface area contributed by atoms with Crippen molar-refractivity contribution in [2.75, 3.05) is 32.8 Å². The molecular formula is C17H30ClN5O2. The van der Waals surface area contributed by atoms with Gasteiger partial charge in [-0.3, -0.25) is 4.79 Å². The fraction of sp³-hybridized carbons (Fsp3) is 0.824. The van der Waals surface area contributed by atoms with E-state index in [0.29, 0.717) is 24.9 Å². The van der Waals surface area contributed by atoms with Crippen LogP contribution in [0.15, 0.2) is 0 Å². The molecule has 1 aromatic rings. The molecule has 7 nitrogen and oxygen atoms in total. The van der Waals surface area contributed by atoms with Crippen molar-refractivity contribution < 1.29 is 9.53 Å². The number of hydrogen-bond acceptors (Lipinski definition) is 5. The molecule has 1 aromatic heterocycles. The highest BCUT2D eigenvalue weighted by Gasteiger charge is 2.28. The van der Waals surface area contributed by atoms with Gasteiger partial charge in [-0.2, -0.15) is 0 Å². The zero-order chi connectivity index (χ0) is 16.9. The number of amides is 1. The maximum atomic E-state index is 12.3. The van der Waals surface area contributed by atoms with Crippen LogP contribution < -0.4 is 5.32 Å². The van der Waals surface area contributed by atoms with Crippen molar-refractivity contribution in [2.24, 2.45) is 5.92 Å². The highest BCUT2D eigenvalue weighted by molar-refractivity contribution is 5.85. The number of halogens is 1. The van der Waals surface area contributed by atoms with E-state index in [-0.39, 0.29) is 18.3 Å². The predicted octanol–water partition coefficient (Wildman–Crippen LogP) is 1.57. The Morgan fingerprint density at radius 2 is 2.04 bits per heavy atom. The standard InChI is InChI=1S/C17H29N5O2.ClH/c1-13(2)12-24-10-5-16(23)21-7-3-14(4-8-21)17-20-19-15-11-18-6-9-22(15)17;/h13-14,18H,3-12H2,1-2H3;1H. The summed E-state index contributed by atoms with van der Waals surface area (Å²) in [5, 5.41) is 12.0. The van der Waals surface area contributed by atoms with Crippen molar-refractivity contribution in [1.82, 2.24) is 25.0 Å². The summed E-state index contributed by atoms with van der Waals surface area (Å²) >= 11 is 0. The molecule has 25 heavy (non-hydrogen) atoms. The van der Waals surface area contributed by atoms with Gasteiger partial charge in [-0.05, 0) is 18.8 Å². The van der Waals surface area contributed by atoms with Crippen molar-refractivity contribution >= 4 is 18.3 Å². The van der Waals surface area contributed by atoms with E-state index >= 15 is 0 Å². The normalized spacial score (nSPS) is 18.1. The van der Waals surface area contributed by atoms with Gasteiger partial charge >= 0.3 is 0 Å². The second-order valence-corrected chi connectivity index (χ2v) is 7.18. The van der Waals surface area contributed by atoms with E-state index in [1.807, 2.05) is 4.90 Å². The van der Waals surface area contributed by atoms with Crippen molar-refractivity contribution in [3.05, 3.63) is 11.6 Å². The van der Waals surface area contributed by atoms with E-state index in [1.54, 1.807) is 0 Å². The molecule has 3 rings (SSSR count). The van der Waals surface area contributed by atoms with Crippen molar-refractivity contribution in [3.8, 4) is 0 Å². The minimum atomic E-state index is 0. The predicted molar refractivity (Wildman–Crippen MR) is 97.8 cm³/mol. The number of nitrogens with zero attached hydrogens (tertiary/aromatic N) is 4. The largest absolute Gasteiger partial charge is 0.381 e. The minimum Gasteiger partial charge on any atom is -0.381 e. The monoisotopic (exact) mass is 371 g/mol. The average Bonchev–Trinajstić information content (AvgIpc) is 3.02. The van der Waals surface area contributed by atoms with Gasteiger partial charge < -0.3 is 19.5 Å². The molecule has 2 aliphatic heterocycles. The summed E-state index contributed by atoms with van der Waals surface area (Å²) in [5.74, 6) is 3.30. The summed E-state index contributed by atoms with van der Waals surface area (Å²) in [6.07, 6.45) is 2.44. The van der Waals surface area contributed by atoms with Crippen LogP contribution in [0.1, 0.15) is 50.7 Å². The summed E-state index contributed by atoms with van der Waals surface area (Å²) in [7, 11) is 0. The molecule has 2 aliphatic rings. The Morgan fingerprint density at radius 1 is 1.28 bits per heavy atom. The molecule has 0 aromatic carbocycles. The molecule has 1 N–H and O–H groups in total. The van der Waals surface area contributed by atoms with Crippen LogP contribution in [0.3, 0.4) is 0 Å². The first-order valence-electron chi connectivity index (χ1n) is 9.13. The third kappa shape index (κ3) is 5.15. The van der Waals surface area contributed by atoms with E-state index < -0.39 is 0 Å². The van der Waals surface area contributed by atoms with Gasteiger partial charge in [0.05, 0.1) is 19.6 Å². The van der Waals surface area contributed by atoms with E-state index in [9.17, 15) is 4.79 Å². The minimum absolute atomic E-state index is 0. The molecule has 0 aliphatic carbocycles. The van der Waals surface area contributed by atoms with Gasteiger partial charge in [0.15, 0.2) is 0 Å². The zero-order valence-corrected chi connectivity index (χ0v) is 16.1. The highest BCUT2D eigenvalue weighted by Crippen LogP contribution is 2.28. The molecule has 142 valence electrons. The number of ether oxygens (including phenoxy) is 1. The Morgan fingerprint density at radius 3 is 2.76 bits per heavy atom. The van der Waals surface area contributed by atoms with Gasteiger partial charge in [-0.1, -0.05) is 13.8 Å². The first-order valence-corrected chi connectivity index (χ1v) is 9.13. The van der Waals surface area contributed by atoms with Crippen LogP contribution in [-0.2, 0) is 22.6 Å². The number of piperidine rings is 1. The van der Waals surface area contributed by atoms with Crippen LogP contribution >= 0.6 is 12.4 Å². The summed E-state index contributed by atoms with van der Waals surface area (Å²) in [4.78, 5) is 14.2. The number of likely N-dealkylation sites (tertiary alicyclic amines) is 1. The van der Waals surface area contributed by atoms with Crippen LogP contribution in [0.4, 0.5) is 0 Å². The molecule has 1 saturated heterocycles. The molecule has 0 radical (unpaired) electrons. The maximum Gasteiger partial charge on any atom is 0.224 e. The zero-order valence-electron chi connectivity index (χ0n) is 15.2. The van der Waals surface area contributed by atoms with Crippen LogP contribution in [0.2, 0.25) is 0 Å². The lowest BCUT2D eigenvalue weighted by molar-refractivity contribution is -0.133. The van der Waals surface area contributed by atoms with Crippen molar-refractivity contribution in [1.29, 1.82) is 0 Å². The topological polar surface area (TPSA) is 72.3 Å². The Bertz CT molecular complexity index is 555. The summed E-state index contributed by atoms with van der Waals surface area (Å²) in [6.45, 7) is 9.85. The van der Waals surface area contributed by atoms with Crippen LogP contribution in [0.25, 0.3) is 0 Å². The fourth-order valence-corrected chi connectivity index (χ4v) is 3.44. The molecule has 0 saturated carbocycles. The molecule has 0 unspecified atom stereocenters. The van der Waals surface area contributed by atoms with Crippen LogP contribution in [0, 0.1) is 5.92 Å². The van der Waals surface area contributed by atoms with Gasteiger partial charge in [0.25, 0.3) is 0 Å². The van der Waals surface area contributed by atoms with Crippen LogP contribution in [-0.4, -0.2) is 58.4 Å². The molecule has 1 amide bonds. The number of nitrogens with one attached hydrogen (secondary N) is 1. The van der Waals surface area contributed by atoms with E-state index in [2.05, 4.69) is 33.9 Å². The Kier molecular flexibility index (Phi) is 7.65. The third-order valence-corrected chi connectivity index (χ3v) is 4.78. The Hall–Kier alpha value is -1.18. The third-order valence-electron chi connectivity index (χ3n) is 4.78. The molecular weight excluding hydrogens is 342 g/mol. The lowest BCUT2D eigenvalue weighted by Crippen LogP contribution is -2.39.